The Morgan fingerprint density at radius 2 is 2.05 bits per heavy atom. The normalized spacial score (nSPS) is 19.1. The molecule has 1 aromatic rings. The summed E-state index contributed by atoms with van der Waals surface area (Å²) in [6.45, 7) is 3.23. The highest BCUT2D eigenvalue weighted by Crippen LogP contribution is 2.30. The number of hydrogen-bond acceptors (Lipinski definition) is 4. The van der Waals surface area contributed by atoms with Gasteiger partial charge in [-0.2, -0.15) is 0 Å². The first-order chi connectivity index (χ1) is 10.1. The Bertz CT molecular complexity index is 492. The van der Waals surface area contributed by atoms with Gasteiger partial charge in [0, 0.05) is 25.2 Å². The molecule has 1 fully saturated rings. The summed E-state index contributed by atoms with van der Waals surface area (Å²) in [5.74, 6) is -1.60. The Kier molecular flexibility index (Phi) is 5.27. The number of aliphatic carboxylic acids is 1. The van der Waals surface area contributed by atoms with E-state index in [1.165, 1.54) is 12.1 Å². The minimum absolute atomic E-state index is 0.131. The van der Waals surface area contributed by atoms with Crippen LogP contribution in [0.3, 0.4) is 0 Å². The van der Waals surface area contributed by atoms with Crippen molar-refractivity contribution in [1.29, 1.82) is 0 Å². The van der Waals surface area contributed by atoms with Gasteiger partial charge in [-0.3, -0.25) is 9.69 Å². The van der Waals surface area contributed by atoms with Gasteiger partial charge in [-0.15, -0.1) is 0 Å². The van der Waals surface area contributed by atoms with Gasteiger partial charge in [0.1, 0.15) is 11.2 Å². The third kappa shape index (κ3) is 3.40. The molecule has 0 bridgehead atoms. The zero-order chi connectivity index (χ0) is 15.3. The third-order valence-electron chi connectivity index (χ3n) is 4.11. The highest BCUT2D eigenvalue weighted by molar-refractivity contribution is 5.82. The first-order valence-electron chi connectivity index (χ1n) is 7.09. The first-order valence-corrected chi connectivity index (χ1v) is 7.09. The van der Waals surface area contributed by atoms with Crippen LogP contribution in [-0.4, -0.2) is 55.4 Å². The van der Waals surface area contributed by atoms with Crippen molar-refractivity contribution in [3.05, 3.63) is 35.6 Å². The molecule has 1 heterocycles. The van der Waals surface area contributed by atoms with Crippen molar-refractivity contribution in [1.82, 2.24) is 4.90 Å². The number of ether oxygens (including phenoxy) is 1. The number of halogens is 1. The molecule has 0 spiro atoms. The largest absolute Gasteiger partial charge is 0.481 e. The van der Waals surface area contributed by atoms with Gasteiger partial charge in [0.2, 0.25) is 0 Å². The summed E-state index contributed by atoms with van der Waals surface area (Å²) in [6, 6.07) is 5.97. The van der Waals surface area contributed by atoms with Crippen LogP contribution in [0.5, 0.6) is 0 Å². The van der Waals surface area contributed by atoms with Crippen molar-refractivity contribution >= 4 is 5.97 Å². The van der Waals surface area contributed by atoms with Gasteiger partial charge in [0.05, 0.1) is 13.2 Å². The lowest BCUT2D eigenvalue weighted by molar-refractivity contribution is -0.144. The predicted octanol–water partition coefficient (Wildman–Crippen LogP) is 0.829. The minimum atomic E-state index is -1.39. The number of hydrogen-bond donors (Lipinski definition) is 2. The van der Waals surface area contributed by atoms with Crippen molar-refractivity contribution in [2.24, 2.45) is 5.73 Å². The van der Waals surface area contributed by atoms with E-state index < -0.39 is 17.2 Å². The summed E-state index contributed by atoms with van der Waals surface area (Å²) in [5, 5.41) is 9.64. The highest BCUT2D eigenvalue weighted by Gasteiger charge is 2.41. The maximum absolute atomic E-state index is 14.0. The summed E-state index contributed by atoms with van der Waals surface area (Å²) in [4.78, 5) is 13.9. The fraction of sp³-hybridized carbons (Fsp3) is 0.533. The van der Waals surface area contributed by atoms with Gasteiger partial charge in [0.25, 0.3) is 0 Å². The van der Waals surface area contributed by atoms with E-state index in [0.717, 1.165) is 13.1 Å². The Morgan fingerprint density at radius 1 is 1.38 bits per heavy atom. The molecule has 6 heteroatoms. The zero-order valence-corrected chi connectivity index (χ0v) is 11.9. The molecule has 1 aromatic carbocycles. The summed E-state index contributed by atoms with van der Waals surface area (Å²) in [6.07, 6.45) is 0.278. The molecular formula is C15H21FN2O3. The number of benzene rings is 1. The predicted molar refractivity (Wildman–Crippen MR) is 76.6 cm³/mol. The Hall–Kier alpha value is -1.50. The summed E-state index contributed by atoms with van der Waals surface area (Å²) in [5.41, 5.74) is 4.51. The fourth-order valence-electron chi connectivity index (χ4n) is 2.68. The molecule has 116 valence electrons. The number of carboxylic acid groups (broad SMARTS) is 1. The van der Waals surface area contributed by atoms with E-state index >= 15 is 0 Å². The number of nitrogens with two attached hydrogens (primary N) is 1. The van der Waals surface area contributed by atoms with Crippen LogP contribution in [0.2, 0.25) is 0 Å². The molecule has 5 nitrogen and oxygen atoms in total. The minimum Gasteiger partial charge on any atom is -0.481 e. The lowest BCUT2D eigenvalue weighted by Gasteiger charge is -2.33. The summed E-state index contributed by atoms with van der Waals surface area (Å²) in [7, 11) is 0. The van der Waals surface area contributed by atoms with Crippen LogP contribution in [0.15, 0.2) is 24.3 Å². The number of carboxylic acids is 1. The molecule has 21 heavy (non-hydrogen) atoms. The number of carbonyl (C=O) groups is 1. The summed E-state index contributed by atoms with van der Waals surface area (Å²) < 4.78 is 19.3. The molecule has 1 saturated heterocycles. The van der Waals surface area contributed by atoms with Crippen LogP contribution >= 0.6 is 0 Å². The van der Waals surface area contributed by atoms with Crippen LogP contribution in [0.1, 0.15) is 12.0 Å². The van der Waals surface area contributed by atoms with Crippen molar-refractivity contribution in [2.45, 2.75) is 11.8 Å². The maximum atomic E-state index is 14.0. The van der Waals surface area contributed by atoms with E-state index in [1.54, 1.807) is 12.1 Å². The molecule has 0 aliphatic carbocycles. The fourth-order valence-corrected chi connectivity index (χ4v) is 2.68. The average molecular weight is 296 g/mol. The van der Waals surface area contributed by atoms with Crippen molar-refractivity contribution in [3.63, 3.8) is 0 Å². The molecule has 1 atom stereocenters. The Balaban J connectivity index is 2.20. The molecule has 0 radical (unpaired) electrons. The SMILES string of the molecule is NCC(CCN1CCOCC1)(C(=O)O)c1ccccc1F. The van der Waals surface area contributed by atoms with Crippen LogP contribution in [0.4, 0.5) is 4.39 Å². The molecular weight excluding hydrogens is 275 g/mol. The average Bonchev–Trinajstić information content (AvgIpc) is 2.50. The number of rotatable bonds is 6. The number of nitrogens with zero attached hydrogens (tertiary/aromatic N) is 1. The molecule has 1 aliphatic rings. The summed E-state index contributed by atoms with van der Waals surface area (Å²) >= 11 is 0. The van der Waals surface area contributed by atoms with E-state index in [0.29, 0.717) is 19.8 Å². The first kappa shape index (κ1) is 15.9. The van der Waals surface area contributed by atoms with E-state index in [-0.39, 0.29) is 18.5 Å². The van der Waals surface area contributed by atoms with Crippen molar-refractivity contribution < 1.29 is 19.0 Å². The Labute approximate surface area is 123 Å². The smallest absolute Gasteiger partial charge is 0.315 e. The molecule has 1 aliphatic heterocycles. The van der Waals surface area contributed by atoms with Crippen LogP contribution in [-0.2, 0) is 14.9 Å². The van der Waals surface area contributed by atoms with E-state index in [9.17, 15) is 14.3 Å². The lowest BCUT2D eigenvalue weighted by Crippen LogP contribution is -2.47. The molecule has 0 saturated carbocycles. The van der Waals surface area contributed by atoms with Gasteiger partial charge in [-0.1, -0.05) is 18.2 Å². The molecule has 0 amide bonds. The monoisotopic (exact) mass is 296 g/mol. The third-order valence-corrected chi connectivity index (χ3v) is 4.11. The quantitative estimate of drug-likeness (QED) is 0.813. The topological polar surface area (TPSA) is 75.8 Å². The highest BCUT2D eigenvalue weighted by atomic mass is 19.1. The van der Waals surface area contributed by atoms with Gasteiger partial charge in [-0.25, -0.2) is 4.39 Å². The second kappa shape index (κ2) is 6.98. The van der Waals surface area contributed by atoms with Gasteiger partial charge in [-0.05, 0) is 19.0 Å². The Morgan fingerprint density at radius 3 is 2.62 bits per heavy atom. The molecule has 0 aromatic heterocycles. The second-order valence-corrected chi connectivity index (χ2v) is 5.28. The van der Waals surface area contributed by atoms with E-state index in [4.69, 9.17) is 10.5 Å². The van der Waals surface area contributed by atoms with Crippen LogP contribution < -0.4 is 5.73 Å². The lowest BCUT2D eigenvalue weighted by atomic mass is 9.77. The molecule has 3 N–H and O–H groups in total. The van der Waals surface area contributed by atoms with Gasteiger partial charge >= 0.3 is 5.97 Å². The van der Waals surface area contributed by atoms with Gasteiger partial charge < -0.3 is 15.6 Å². The van der Waals surface area contributed by atoms with Crippen molar-refractivity contribution in [3.8, 4) is 0 Å². The van der Waals surface area contributed by atoms with Crippen LogP contribution in [0, 0.1) is 5.82 Å². The second-order valence-electron chi connectivity index (χ2n) is 5.28. The number of morpholine rings is 1. The van der Waals surface area contributed by atoms with E-state index in [1.807, 2.05) is 0 Å². The van der Waals surface area contributed by atoms with Crippen LogP contribution in [0.25, 0.3) is 0 Å². The van der Waals surface area contributed by atoms with Crippen molar-refractivity contribution in [2.75, 3.05) is 39.4 Å². The molecule has 2 rings (SSSR count). The van der Waals surface area contributed by atoms with Gasteiger partial charge in [0.15, 0.2) is 0 Å². The molecule has 1 unspecified atom stereocenters. The van der Waals surface area contributed by atoms with E-state index in [2.05, 4.69) is 4.90 Å². The zero-order valence-electron chi connectivity index (χ0n) is 11.9. The standard InChI is InChI=1S/C15H21FN2O3/c16-13-4-2-1-3-12(13)15(11-17,14(19)20)5-6-18-7-9-21-10-8-18/h1-4H,5-11,17H2,(H,19,20). The maximum Gasteiger partial charge on any atom is 0.315 e.